The summed E-state index contributed by atoms with van der Waals surface area (Å²) in [6, 6.07) is 0.244. The van der Waals surface area contributed by atoms with Gasteiger partial charge < -0.3 is 15.1 Å². The minimum Gasteiger partial charge on any atom is -0.479 e. The Morgan fingerprint density at radius 3 is 2.48 bits per heavy atom. The minimum absolute atomic E-state index is 0.112. The number of benzene rings is 1. The van der Waals surface area contributed by atoms with Gasteiger partial charge in [0.25, 0.3) is 0 Å². The summed E-state index contributed by atoms with van der Waals surface area (Å²) in [6.07, 6.45) is 3.27. The van der Waals surface area contributed by atoms with E-state index in [1.165, 1.54) is 6.42 Å². The van der Waals surface area contributed by atoms with Gasteiger partial charge in [0.15, 0.2) is 6.10 Å². The molecule has 1 unspecified atom stereocenters. The van der Waals surface area contributed by atoms with Gasteiger partial charge in [-0.1, -0.05) is 26.7 Å². The van der Waals surface area contributed by atoms with E-state index in [2.05, 4.69) is 41.3 Å². The van der Waals surface area contributed by atoms with Gasteiger partial charge in [-0.25, -0.2) is 4.79 Å². The number of carboxylic acids is 1. The van der Waals surface area contributed by atoms with Crippen LogP contribution in [0.5, 0.6) is 0 Å². The molecule has 1 saturated carbocycles. The SMILES string of the molecule is Cc1c(I)c([C@H](O)C(=O)O)c(C)c2c1CN(C1CCCCC1(C)C)C(=O)C2. The lowest BCUT2D eigenvalue weighted by Crippen LogP contribution is -2.51. The van der Waals surface area contributed by atoms with Crippen molar-refractivity contribution in [2.24, 2.45) is 5.41 Å². The highest BCUT2D eigenvalue weighted by Crippen LogP contribution is 2.42. The van der Waals surface area contributed by atoms with Gasteiger partial charge in [0.1, 0.15) is 0 Å². The second-order valence-corrected chi connectivity index (χ2v) is 9.70. The molecular formula is C21H28INO4. The van der Waals surface area contributed by atoms with Crippen LogP contribution in [0.4, 0.5) is 0 Å². The van der Waals surface area contributed by atoms with E-state index in [0.717, 1.165) is 45.1 Å². The van der Waals surface area contributed by atoms with Crippen LogP contribution in [0.2, 0.25) is 0 Å². The molecule has 1 aliphatic carbocycles. The van der Waals surface area contributed by atoms with E-state index in [4.69, 9.17) is 0 Å². The number of aliphatic carboxylic acids is 1. The molecule has 0 radical (unpaired) electrons. The minimum atomic E-state index is -1.56. The molecular weight excluding hydrogens is 457 g/mol. The molecule has 3 rings (SSSR count). The van der Waals surface area contributed by atoms with Gasteiger partial charge in [0, 0.05) is 21.7 Å². The second-order valence-electron chi connectivity index (χ2n) is 8.62. The van der Waals surface area contributed by atoms with Crippen molar-refractivity contribution in [2.75, 3.05) is 0 Å². The van der Waals surface area contributed by atoms with Crippen LogP contribution in [-0.2, 0) is 22.6 Å². The molecule has 1 heterocycles. The zero-order valence-corrected chi connectivity index (χ0v) is 18.6. The van der Waals surface area contributed by atoms with Crippen LogP contribution < -0.4 is 0 Å². The van der Waals surface area contributed by atoms with Crippen LogP contribution in [0.1, 0.15) is 73.5 Å². The maximum atomic E-state index is 13.1. The number of hydrogen-bond donors (Lipinski definition) is 2. The molecule has 1 aromatic carbocycles. The number of amides is 1. The van der Waals surface area contributed by atoms with Crippen molar-refractivity contribution in [3.05, 3.63) is 31.4 Å². The molecule has 1 aromatic rings. The Labute approximate surface area is 174 Å². The summed E-state index contributed by atoms with van der Waals surface area (Å²) >= 11 is 2.13. The number of carbonyl (C=O) groups is 2. The fraction of sp³-hybridized carbons (Fsp3) is 0.619. The molecule has 2 aliphatic rings. The molecule has 27 heavy (non-hydrogen) atoms. The molecule has 1 amide bonds. The van der Waals surface area contributed by atoms with Crippen LogP contribution in [0.15, 0.2) is 0 Å². The highest BCUT2D eigenvalue weighted by atomic mass is 127. The zero-order chi connectivity index (χ0) is 20.1. The van der Waals surface area contributed by atoms with Gasteiger partial charge in [-0.3, -0.25) is 4.79 Å². The molecule has 2 N–H and O–H groups in total. The average Bonchev–Trinajstić information content (AvgIpc) is 2.59. The van der Waals surface area contributed by atoms with Crippen molar-refractivity contribution in [1.29, 1.82) is 0 Å². The first kappa shape index (κ1) is 20.6. The summed E-state index contributed by atoms with van der Waals surface area (Å²) < 4.78 is 0.788. The van der Waals surface area contributed by atoms with E-state index in [9.17, 15) is 19.8 Å². The lowest BCUT2D eigenvalue weighted by molar-refractivity contribution is -0.147. The third-order valence-corrected chi connectivity index (χ3v) is 7.94. The van der Waals surface area contributed by atoms with E-state index in [1.807, 2.05) is 13.8 Å². The van der Waals surface area contributed by atoms with Gasteiger partial charge in [0.2, 0.25) is 5.91 Å². The van der Waals surface area contributed by atoms with Crippen LogP contribution in [0, 0.1) is 22.8 Å². The molecule has 1 fully saturated rings. The van der Waals surface area contributed by atoms with E-state index in [-0.39, 0.29) is 23.8 Å². The van der Waals surface area contributed by atoms with E-state index in [1.54, 1.807) is 0 Å². The van der Waals surface area contributed by atoms with Gasteiger partial charge in [-0.15, -0.1) is 0 Å². The van der Waals surface area contributed by atoms with Crippen molar-refractivity contribution in [3.8, 4) is 0 Å². The number of aliphatic hydroxyl groups is 1. The first-order chi connectivity index (χ1) is 12.6. The maximum Gasteiger partial charge on any atom is 0.337 e. The number of rotatable bonds is 3. The number of fused-ring (bicyclic) bond motifs is 1. The first-order valence-electron chi connectivity index (χ1n) is 9.57. The van der Waals surface area contributed by atoms with Crippen molar-refractivity contribution >= 4 is 34.5 Å². The summed E-state index contributed by atoms with van der Waals surface area (Å²) in [5.41, 5.74) is 4.29. The molecule has 6 heteroatoms. The predicted molar refractivity (Wildman–Crippen MR) is 112 cm³/mol. The standard InChI is InChI=1S/C21H28INO4/c1-11-13-9-16(24)23(15-7-5-6-8-21(15,3)4)10-14(13)12(2)18(22)17(11)19(25)20(26)27/h15,19,25H,5-10H2,1-4H3,(H,26,27)/t15?,19-/m0/s1. The monoisotopic (exact) mass is 485 g/mol. The van der Waals surface area contributed by atoms with Crippen LogP contribution in [-0.4, -0.2) is 33.0 Å². The highest BCUT2D eigenvalue weighted by molar-refractivity contribution is 14.1. The highest BCUT2D eigenvalue weighted by Gasteiger charge is 2.41. The Kier molecular flexibility index (Phi) is 5.60. The molecule has 0 aromatic heterocycles. The number of halogens is 1. The van der Waals surface area contributed by atoms with Crippen molar-refractivity contribution < 1.29 is 19.8 Å². The number of hydrogen-bond acceptors (Lipinski definition) is 3. The molecule has 0 saturated heterocycles. The van der Waals surface area contributed by atoms with Gasteiger partial charge in [-0.05, 0) is 76.9 Å². The summed E-state index contributed by atoms with van der Waals surface area (Å²) in [4.78, 5) is 26.5. The van der Waals surface area contributed by atoms with Crippen LogP contribution in [0.25, 0.3) is 0 Å². The smallest absolute Gasteiger partial charge is 0.337 e. The molecule has 0 spiro atoms. The topological polar surface area (TPSA) is 77.8 Å². The lowest BCUT2D eigenvalue weighted by Gasteiger charge is -2.47. The van der Waals surface area contributed by atoms with Crippen molar-refractivity contribution in [3.63, 3.8) is 0 Å². The number of carbonyl (C=O) groups excluding carboxylic acids is 1. The molecule has 1 aliphatic heterocycles. The predicted octanol–water partition coefficient (Wildman–Crippen LogP) is 3.88. The summed E-state index contributed by atoms with van der Waals surface area (Å²) in [7, 11) is 0. The Bertz CT molecular complexity index is 802. The molecule has 2 atom stereocenters. The van der Waals surface area contributed by atoms with E-state index >= 15 is 0 Å². The summed E-state index contributed by atoms with van der Waals surface area (Å²) in [5.74, 6) is -1.15. The Balaban J connectivity index is 2.06. The van der Waals surface area contributed by atoms with Gasteiger partial charge >= 0.3 is 5.97 Å². The van der Waals surface area contributed by atoms with E-state index < -0.39 is 12.1 Å². The zero-order valence-electron chi connectivity index (χ0n) is 16.4. The normalized spacial score (nSPS) is 23.1. The average molecular weight is 485 g/mol. The van der Waals surface area contributed by atoms with Gasteiger partial charge in [0.05, 0.1) is 6.42 Å². The summed E-state index contributed by atoms with van der Waals surface area (Å²) in [6.45, 7) is 8.89. The van der Waals surface area contributed by atoms with Gasteiger partial charge in [-0.2, -0.15) is 0 Å². The fourth-order valence-electron chi connectivity index (χ4n) is 4.86. The second kappa shape index (κ2) is 7.35. The molecule has 148 valence electrons. The Hall–Kier alpha value is -1.15. The third-order valence-electron chi connectivity index (χ3n) is 6.55. The van der Waals surface area contributed by atoms with Crippen molar-refractivity contribution in [1.82, 2.24) is 4.90 Å². The fourth-order valence-corrected chi connectivity index (χ4v) is 5.89. The van der Waals surface area contributed by atoms with Crippen LogP contribution in [0.3, 0.4) is 0 Å². The first-order valence-corrected chi connectivity index (χ1v) is 10.6. The molecule has 0 bridgehead atoms. The Morgan fingerprint density at radius 1 is 1.22 bits per heavy atom. The Morgan fingerprint density at radius 2 is 1.89 bits per heavy atom. The van der Waals surface area contributed by atoms with Crippen molar-refractivity contribution in [2.45, 2.75) is 78.5 Å². The third kappa shape index (κ3) is 3.50. The lowest BCUT2D eigenvalue weighted by atomic mass is 9.71. The largest absolute Gasteiger partial charge is 0.479 e. The number of aliphatic hydroxyl groups excluding tert-OH is 1. The number of carboxylic acid groups (broad SMARTS) is 1. The maximum absolute atomic E-state index is 13.1. The van der Waals surface area contributed by atoms with Crippen LogP contribution >= 0.6 is 22.6 Å². The number of nitrogens with zero attached hydrogens (tertiary/aromatic N) is 1. The molecule has 5 nitrogen and oxygen atoms in total. The van der Waals surface area contributed by atoms with E-state index in [0.29, 0.717) is 12.1 Å². The quantitative estimate of drug-likeness (QED) is 0.638. The summed E-state index contributed by atoms with van der Waals surface area (Å²) in [5, 5.41) is 19.4.